The van der Waals surface area contributed by atoms with Gasteiger partial charge in [0, 0.05) is 38.6 Å². The minimum Gasteiger partial charge on any atom is -0.341 e. The van der Waals surface area contributed by atoms with Crippen molar-refractivity contribution in [2.75, 3.05) is 32.7 Å². The van der Waals surface area contributed by atoms with E-state index in [2.05, 4.69) is 19.2 Å². The molecule has 2 unspecified atom stereocenters. The van der Waals surface area contributed by atoms with Gasteiger partial charge in [-0.2, -0.15) is 0 Å². The van der Waals surface area contributed by atoms with Gasteiger partial charge in [0.25, 0.3) is 0 Å². The number of piperidine rings is 1. The topological polar surface area (TPSA) is 52.7 Å². The van der Waals surface area contributed by atoms with E-state index in [1.807, 2.05) is 9.80 Å². The Bertz CT molecular complexity index is 378. The first-order valence-corrected chi connectivity index (χ1v) is 8.39. The molecule has 1 N–H and O–H groups in total. The molecule has 2 heterocycles. The van der Waals surface area contributed by atoms with Crippen molar-refractivity contribution in [2.45, 2.75) is 52.0 Å². The number of nitrogens with zero attached hydrogens (tertiary/aromatic N) is 2. The zero-order valence-electron chi connectivity index (χ0n) is 13.8. The number of hydrogen-bond acceptors (Lipinski definition) is 3. The number of piperazine rings is 1. The second kappa shape index (κ2) is 9.36. The molecule has 0 aromatic rings. The van der Waals surface area contributed by atoms with Crippen LogP contribution >= 0.6 is 12.4 Å². The number of rotatable bonds is 5. The van der Waals surface area contributed by atoms with Crippen LogP contribution in [0.3, 0.4) is 0 Å². The van der Waals surface area contributed by atoms with E-state index < -0.39 is 0 Å². The lowest BCUT2D eigenvalue weighted by Gasteiger charge is -2.41. The first kappa shape index (κ1) is 19.2. The van der Waals surface area contributed by atoms with Crippen molar-refractivity contribution in [1.29, 1.82) is 0 Å². The van der Waals surface area contributed by atoms with Crippen LogP contribution in [0.4, 0.5) is 0 Å². The Balaban J connectivity index is 0.00000242. The van der Waals surface area contributed by atoms with Crippen molar-refractivity contribution in [3.05, 3.63) is 0 Å². The summed E-state index contributed by atoms with van der Waals surface area (Å²) in [5, 5.41) is 3.11. The molecule has 0 saturated carbocycles. The van der Waals surface area contributed by atoms with E-state index in [9.17, 15) is 9.59 Å². The Labute approximate surface area is 140 Å². The van der Waals surface area contributed by atoms with Crippen LogP contribution in [0, 0.1) is 5.92 Å². The fraction of sp³-hybridized carbons (Fsp3) is 0.875. The van der Waals surface area contributed by atoms with Gasteiger partial charge >= 0.3 is 0 Å². The molecular formula is C16H30ClN3O2. The number of likely N-dealkylation sites (tertiary alicyclic amines) is 1. The first-order chi connectivity index (χ1) is 10.1. The van der Waals surface area contributed by atoms with E-state index in [0.29, 0.717) is 18.9 Å². The van der Waals surface area contributed by atoms with Crippen LogP contribution in [0.15, 0.2) is 0 Å². The van der Waals surface area contributed by atoms with Gasteiger partial charge in [0.2, 0.25) is 11.8 Å². The molecule has 2 aliphatic heterocycles. The van der Waals surface area contributed by atoms with E-state index in [4.69, 9.17) is 0 Å². The summed E-state index contributed by atoms with van der Waals surface area (Å²) in [5.74, 6) is 0.909. The van der Waals surface area contributed by atoms with Gasteiger partial charge in [0.15, 0.2) is 0 Å². The summed E-state index contributed by atoms with van der Waals surface area (Å²) >= 11 is 0. The SMILES string of the molecule is CCCC(C)CC(=O)N1CCCC(N2CCNCC2=O)C1.Cl. The highest BCUT2D eigenvalue weighted by atomic mass is 35.5. The third-order valence-electron chi connectivity index (χ3n) is 4.62. The molecule has 0 aromatic heterocycles. The molecule has 2 fully saturated rings. The standard InChI is InChI=1S/C16H29N3O2.ClH/c1-3-5-13(2)10-15(20)18-8-4-6-14(12-18)19-9-7-17-11-16(19)21;/h13-14,17H,3-12H2,1-2H3;1H. The Morgan fingerprint density at radius 1 is 1.41 bits per heavy atom. The van der Waals surface area contributed by atoms with Crippen LogP contribution in [-0.2, 0) is 9.59 Å². The summed E-state index contributed by atoms with van der Waals surface area (Å²) in [5.41, 5.74) is 0. The number of carbonyl (C=O) groups is 2. The van der Waals surface area contributed by atoms with E-state index in [1.54, 1.807) is 0 Å². The molecule has 2 amide bonds. The second-order valence-electron chi connectivity index (χ2n) is 6.50. The van der Waals surface area contributed by atoms with Crippen LogP contribution in [0.5, 0.6) is 0 Å². The number of halogens is 1. The molecule has 2 saturated heterocycles. The van der Waals surface area contributed by atoms with Crippen molar-refractivity contribution < 1.29 is 9.59 Å². The van der Waals surface area contributed by atoms with Crippen LogP contribution in [-0.4, -0.2) is 60.4 Å². The van der Waals surface area contributed by atoms with Gasteiger partial charge in [-0.15, -0.1) is 12.4 Å². The van der Waals surface area contributed by atoms with E-state index in [1.165, 1.54) is 0 Å². The molecule has 0 aliphatic carbocycles. The van der Waals surface area contributed by atoms with Crippen molar-refractivity contribution >= 4 is 24.2 Å². The van der Waals surface area contributed by atoms with Crippen molar-refractivity contribution in [2.24, 2.45) is 5.92 Å². The van der Waals surface area contributed by atoms with Crippen LogP contribution in [0.2, 0.25) is 0 Å². The summed E-state index contributed by atoms with van der Waals surface area (Å²) in [6, 6.07) is 0.221. The summed E-state index contributed by atoms with van der Waals surface area (Å²) in [7, 11) is 0. The highest BCUT2D eigenvalue weighted by Crippen LogP contribution is 2.19. The molecule has 6 heteroatoms. The predicted octanol–water partition coefficient (Wildman–Crippen LogP) is 1.66. The van der Waals surface area contributed by atoms with Crippen molar-refractivity contribution in [3.63, 3.8) is 0 Å². The average Bonchev–Trinajstić information content (AvgIpc) is 2.48. The molecule has 2 aliphatic rings. The maximum atomic E-state index is 12.4. The zero-order chi connectivity index (χ0) is 15.2. The molecule has 5 nitrogen and oxygen atoms in total. The normalized spacial score (nSPS) is 23.9. The monoisotopic (exact) mass is 331 g/mol. The third kappa shape index (κ3) is 5.13. The summed E-state index contributed by atoms with van der Waals surface area (Å²) in [6.07, 6.45) is 4.93. The minimum absolute atomic E-state index is 0. The number of amides is 2. The van der Waals surface area contributed by atoms with Gasteiger partial charge in [-0.1, -0.05) is 26.7 Å². The molecule has 22 heavy (non-hydrogen) atoms. The fourth-order valence-electron chi connectivity index (χ4n) is 3.46. The molecule has 0 radical (unpaired) electrons. The van der Waals surface area contributed by atoms with Crippen LogP contribution < -0.4 is 5.32 Å². The average molecular weight is 332 g/mol. The smallest absolute Gasteiger partial charge is 0.236 e. The molecule has 0 aromatic carbocycles. The van der Waals surface area contributed by atoms with Crippen LogP contribution in [0.25, 0.3) is 0 Å². The van der Waals surface area contributed by atoms with Crippen LogP contribution in [0.1, 0.15) is 46.0 Å². The Kier molecular flexibility index (Phi) is 8.18. The van der Waals surface area contributed by atoms with E-state index in [0.717, 1.165) is 51.9 Å². The van der Waals surface area contributed by atoms with Gasteiger partial charge in [0.05, 0.1) is 6.54 Å². The second-order valence-corrected chi connectivity index (χ2v) is 6.50. The van der Waals surface area contributed by atoms with E-state index >= 15 is 0 Å². The quantitative estimate of drug-likeness (QED) is 0.833. The Hall–Kier alpha value is -0.810. The van der Waals surface area contributed by atoms with E-state index in [-0.39, 0.29) is 30.3 Å². The highest BCUT2D eigenvalue weighted by molar-refractivity contribution is 5.85. The van der Waals surface area contributed by atoms with Gasteiger partial charge in [0.1, 0.15) is 0 Å². The van der Waals surface area contributed by atoms with Gasteiger partial charge in [-0.05, 0) is 18.8 Å². The lowest BCUT2D eigenvalue weighted by atomic mass is 9.99. The van der Waals surface area contributed by atoms with Gasteiger partial charge < -0.3 is 15.1 Å². The largest absolute Gasteiger partial charge is 0.341 e. The molecular weight excluding hydrogens is 302 g/mol. The molecule has 2 atom stereocenters. The maximum Gasteiger partial charge on any atom is 0.236 e. The predicted molar refractivity (Wildman–Crippen MR) is 90.1 cm³/mol. The number of nitrogens with one attached hydrogen (secondary N) is 1. The molecule has 128 valence electrons. The summed E-state index contributed by atoms with van der Waals surface area (Å²) < 4.78 is 0. The lowest BCUT2D eigenvalue weighted by molar-refractivity contribution is -0.140. The minimum atomic E-state index is 0. The first-order valence-electron chi connectivity index (χ1n) is 8.39. The number of hydrogen-bond donors (Lipinski definition) is 1. The number of carbonyl (C=O) groups excluding carboxylic acids is 2. The lowest BCUT2D eigenvalue weighted by Crippen LogP contribution is -2.57. The van der Waals surface area contributed by atoms with Crippen molar-refractivity contribution in [3.8, 4) is 0 Å². The maximum absolute atomic E-state index is 12.4. The summed E-state index contributed by atoms with van der Waals surface area (Å²) in [4.78, 5) is 28.4. The van der Waals surface area contributed by atoms with Gasteiger partial charge in [-0.3, -0.25) is 9.59 Å². The molecule has 0 spiro atoms. The highest BCUT2D eigenvalue weighted by Gasteiger charge is 2.31. The Morgan fingerprint density at radius 2 is 2.18 bits per heavy atom. The fourth-order valence-corrected chi connectivity index (χ4v) is 3.46. The molecule has 2 rings (SSSR count). The zero-order valence-corrected chi connectivity index (χ0v) is 14.7. The molecule has 0 bridgehead atoms. The summed E-state index contributed by atoms with van der Waals surface area (Å²) in [6.45, 7) is 7.98. The van der Waals surface area contributed by atoms with Crippen molar-refractivity contribution in [1.82, 2.24) is 15.1 Å². The van der Waals surface area contributed by atoms with Gasteiger partial charge in [-0.25, -0.2) is 0 Å². The Morgan fingerprint density at radius 3 is 2.86 bits per heavy atom. The third-order valence-corrected chi connectivity index (χ3v) is 4.62.